The molecule has 0 atom stereocenters. The lowest BCUT2D eigenvalue weighted by Crippen LogP contribution is -2.14. The third-order valence-electron chi connectivity index (χ3n) is 4.12. The van der Waals surface area contributed by atoms with Gasteiger partial charge in [0.2, 0.25) is 11.8 Å². The summed E-state index contributed by atoms with van der Waals surface area (Å²) in [5, 5.41) is 14.0. The lowest BCUT2D eigenvalue weighted by Gasteiger charge is -2.09. The second-order valence-corrected chi connectivity index (χ2v) is 7.54. The van der Waals surface area contributed by atoms with E-state index in [-0.39, 0.29) is 17.1 Å². The summed E-state index contributed by atoms with van der Waals surface area (Å²) in [5.74, 6) is -1.64. The molecule has 3 aromatic heterocycles. The number of pyridine rings is 1. The van der Waals surface area contributed by atoms with E-state index in [0.29, 0.717) is 33.0 Å². The fourth-order valence-electron chi connectivity index (χ4n) is 2.68. The number of nitrogens with one attached hydrogen (secondary N) is 2. The average molecular weight is 463 g/mol. The van der Waals surface area contributed by atoms with Gasteiger partial charge in [0, 0.05) is 24.9 Å². The Bertz CT molecular complexity index is 1290. The number of amides is 1. The van der Waals surface area contributed by atoms with E-state index >= 15 is 0 Å². The Hall–Kier alpha value is -3.44. The number of aryl methyl sites for hydroxylation is 2. The fraction of sp³-hybridized carbons (Fsp3) is 0.105. The highest BCUT2D eigenvalue weighted by atomic mass is 35.5. The van der Waals surface area contributed by atoms with Crippen LogP contribution in [0.4, 0.5) is 25.3 Å². The van der Waals surface area contributed by atoms with E-state index in [1.54, 1.807) is 19.9 Å². The molecule has 0 radical (unpaired) electrons. The van der Waals surface area contributed by atoms with Crippen molar-refractivity contribution in [1.82, 2.24) is 19.6 Å². The first-order valence-corrected chi connectivity index (χ1v) is 9.92. The molecule has 0 saturated carbocycles. The molecule has 1 aromatic carbocycles. The van der Waals surface area contributed by atoms with Crippen molar-refractivity contribution < 1.29 is 18.0 Å². The Morgan fingerprint density at radius 1 is 1.16 bits per heavy atom. The van der Waals surface area contributed by atoms with Gasteiger partial charge in [-0.3, -0.25) is 4.79 Å². The van der Waals surface area contributed by atoms with Gasteiger partial charge in [0.1, 0.15) is 10.8 Å². The summed E-state index contributed by atoms with van der Waals surface area (Å²) in [5.41, 5.74) is 1.27. The molecule has 4 rings (SSSR count). The van der Waals surface area contributed by atoms with E-state index in [1.165, 1.54) is 12.3 Å². The first-order chi connectivity index (χ1) is 14.8. The highest BCUT2D eigenvalue weighted by molar-refractivity contribution is 7.10. The number of hydrogen-bond acceptors (Lipinski definition) is 8. The van der Waals surface area contributed by atoms with Gasteiger partial charge in [-0.1, -0.05) is 11.6 Å². The largest absolute Gasteiger partial charge is 0.421 e. The smallest absolute Gasteiger partial charge is 0.260 e. The zero-order valence-electron chi connectivity index (χ0n) is 16.0. The van der Waals surface area contributed by atoms with E-state index in [0.717, 1.165) is 23.7 Å². The van der Waals surface area contributed by atoms with Crippen LogP contribution >= 0.6 is 23.1 Å². The SMILES string of the molecule is Cc1nnc(-c2cc(Nc3snc(C)c3C(=O)Nc3ccc(F)c(F)c3)ncc2Cl)o1. The van der Waals surface area contributed by atoms with Gasteiger partial charge >= 0.3 is 0 Å². The number of hydrogen-bond donors (Lipinski definition) is 2. The van der Waals surface area contributed by atoms with Crippen molar-refractivity contribution in [3.05, 3.63) is 64.3 Å². The number of anilines is 3. The lowest BCUT2D eigenvalue weighted by atomic mass is 10.2. The molecule has 158 valence electrons. The van der Waals surface area contributed by atoms with Crippen LogP contribution in [-0.2, 0) is 0 Å². The molecular weight excluding hydrogens is 450 g/mol. The summed E-state index contributed by atoms with van der Waals surface area (Å²) < 4.78 is 36.2. The number of aromatic nitrogens is 4. The number of carbonyl (C=O) groups is 1. The Labute approximate surface area is 183 Å². The van der Waals surface area contributed by atoms with Crippen molar-refractivity contribution in [2.24, 2.45) is 0 Å². The quantitative estimate of drug-likeness (QED) is 0.423. The van der Waals surface area contributed by atoms with E-state index in [2.05, 4.69) is 30.2 Å². The van der Waals surface area contributed by atoms with Crippen LogP contribution in [0.3, 0.4) is 0 Å². The monoisotopic (exact) mass is 462 g/mol. The summed E-state index contributed by atoms with van der Waals surface area (Å²) >= 11 is 7.24. The van der Waals surface area contributed by atoms with E-state index in [9.17, 15) is 13.6 Å². The van der Waals surface area contributed by atoms with Crippen LogP contribution in [0, 0.1) is 25.5 Å². The number of benzene rings is 1. The third kappa shape index (κ3) is 4.37. The summed E-state index contributed by atoms with van der Waals surface area (Å²) in [6.07, 6.45) is 1.41. The predicted octanol–water partition coefficient (Wildman–Crippen LogP) is 5.13. The molecule has 0 aliphatic heterocycles. The third-order valence-corrected chi connectivity index (χ3v) is 5.28. The first kappa shape index (κ1) is 20.8. The van der Waals surface area contributed by atoms with E-state index in [4.69, 9.17) is 16.0 Å². The summed E-state index contributed by atoms with van der Waals surface area (Å²) in [7, 11) is 0. The minimum Gasteiger partial charge on any atom is -0.421 e. The van der Waals surface area contributed by atoms with Gasteiger partial charge in [-0.2, -0.15) is 4.37 Å². The van der Waals surface area contributed by atoms with Crippen LogP contribution < -0.4 is 10.6 Å². The summed E-state index contributed by atoms with van der Waals surface area (Å²) in [6.45, 7) is 3.31. The van der Waals surface area contributed by atoms with E-state index in [1.807, 2.05) is 0 Å². The predicted molar refractivity (Wildman–Crippen MR) is 112 cm³/mol. The zero-order chi connectivity index (χ0) is 22.1. The van der Waals surface area contributed by atoms with Crippen molar-refractivity contribution in [3.63, 3.8) is 0 Å². The zero-order valence-corrected chi connectivity index (χ0v) is 17.6. The molecule has 4 aromatic rings. The highest BCUT2D eigenvalue weighted by Crippen LogP contribution is 2.32. The molecule has 12 heteroatoms. The number of carbonyl (C=O) groups excluding carboxylic acids is 1. The van der Waals surface area contributed by atoms with Gasteiger partial charge < -0.3 is 15.1 Å². The molecule has 0 fully saturated rings. The Morgan fingerprint density at radius 2 is 1.97 bits per heavy atom. The topological polar surface area (TPSA) is 106 Å². The molecule has 0 aliphatic carbocycles. The summed E-state index contributed by atoms with van der Waals surface area (Å²) in [6, 6.07) is 4.69. The molecule has 0 unspecified atom stereocenters. The van der Waals surface area contributed by atoms with Crippen molar-refractivity contribution in [1.29, 1.82) is 0 Å². The Morgan fingerprint density at radius 3 is 2.68 bits per heavy atom. The number of halogens is 3. The van der Waals surface area contributed by atoms with E-state index < -0.39 is 17.5 Å². The van der Waals surface area contributed by atoms with Gasteiger partial charge in [0.15, 0.2) is 11.6 Å². The van der Waals surface area contributed by atoms with Gasteiger partial charge in [0.05, 0.1) is 21.8 Å². The van der Waals surface area contributed by atoms with Crippen LogP contribution in [-0.4, -0.2) is 25.5 Å². The van der Waals surface area contributed by atoms with Crippen LogP contribution in [0.1, 0.15) is 21.9 Å². The van der Waals surface area contributed by atoms with Crippen molar-refractivity contribution in [2.75, 3.05) is 10.6 Å². The molecule has 2 N–H and O–H groups in total. The fourth-order valence-corrected chi connectivity index (χ4v) is 3.67. The van der Waals surface area contributed by atoms with Gasteiger partial charge in [0.25, 0.3) is 5.91 Å². The maximum atomic E-state index is 13.4. The second-order valence-electron chi connectivity index (χ2n) is 6.36. The maximum Gasteiger partial charge on any atom is 0.260 e. The minimum absolute atomic E-state index is 0.110. The van der Waals surface area contributed by atoms with Crippen molar-refractivity contribution in [2.45, 2.75) is 13.8 Å². The number of nitrogens with zero attached hydrogens (tertiary/aromatic N) is 4. The minimum atomic E-state index is -1.06. The van der Waals surface area contributed by atoms with Gasteiger partial charge in [-0.15, -0.1) is 10.2 Å². The molecule has 1 amide bonds. The molecule has 0 saturated heterocycles. The molecule has 31 heavy (non-hydrogen) atoms. The lowest BCUT2D eigenvalue weighted by molar-refractivity contribution is 0.102. The van der Waals surface area contributed by atoms with Crippen molar-refractivity contribution in [3.8, 4) is 11.5 Å². The summed E-state index contributed by atoms with van der Waals surface area (Å²) in [4.78, 5) is 17.0. The highest BCUT2D eigenvalue weighted by Gasteiger charge is 2.20. The van der Waals surface area contributed by atoms with Crippen molar-refractivity contribution >= 4 is 45.5 Å². The van der Waals surface area contributed by atoms with Crippen LogP contribution in [0.5, 0.6) is 0 Å². The Balaban J connectivity index is 1.61. The maximum absolute atomic E-state index is 13.4. The molecule has 8 nitrogen and oxygen atoms in total. The molecule has 0 bridgehead atoms. The van der Waals surface area contributed by atoms with Crippen LogP contribution in [0.15, 0.2) is 34.9 Å². The van der Waals surface area contributed by atoms with Gasteiger partial charge in [-0.25, -0.2) is 13.8 Å². The second kappa shape index (κ2) is 8.36. The normalized spacial score (nSPS) is 10.9. The van der Waals surface area contributed by atoms with Crippen LogP contribution in [0.25, 0.3) is 11.5 Å². The molecule has 3 heterocycles. The standard InChI is InChI=1S/C19H13ClF2N6O2S/c1-8-16(17(29)24-10-3-4-13(21)14(22)5-10)19(31-28-8)25-15-6-11(12(20)7-23-15)18-27-26-9(2)30-18/h3-7H,1-2H3,(H,23,25)(H,24,29). The molecule has 0 spiro atoms. The molecule has 0 aliphatic rings. The average Bonchev–Trinajstić information content (AvgIpc) is 3.31. The molecular formula is C19H13ClF2N6O2S. The Kier molecular flexibility index (Phi) is 5.61. The number of rotatable bonds is 5. The van der Waals surface area contributed by atoms with Gasteiger partial charge in [-0.05, 0) is 36.7 Å². The van der Waals surface area contributed by atoms with Crippen LogP contribution in [0.2, 0.25) is 5.02 Å². The first-order valence-electron chi connectivity index (χ1n) is 8.77.